The molecule has 8 aromatic rings. The number of hydrogen-bond donors (Lipinski definition) is 0. The van der Waals surface area contributed by atoms with Gasteiger partial charge in [0.1, 0.15) is 0 Å². The standard InChI is InChI=1S/C35H22N4S/c1-2-7-32-29(6-1)34-33(9-8-25-14-19-40-35(25)34)39(32)28-5-3-4-26(20-28)31-22-27(23-10-15-36-16-11-23)21-30(38-31)24-12-17-37-18-13-24/h1-22H. The molecule has 0 aliphatic rings. The topological polar surface area (TPSA) is 43.6 Å². The number of rotatable bonds is 4. The molecule has 0 spiro atoms. The molecule has 0 radical (unpaired) electrons. The van der Waals surface area contributed by atoms with Gasteiger partial charge in [0.15, 0.2) is 0 Å². The highest BCUT2D eigenvalue weighted by Gasteiger charge is 2.16. The van der Waals surface area contributed by atoms with Gasteiger partial charge in [-0.15, -0.1) is 11.3 Å². The lowest BCUT2D eigenvalue weighted by Gasteiger charge is -2.13. The number of fused-ring (bicyclic) bond motifs is 5. The largest absolute Gasteiger partial charge is 0.309 e. The highest BCUT2D eigenvalue weighted by atomic mass is 32.1. The van der Waals surface area contributed by atoms with Crippen molar-refractivity contribution in [3.05, 3.63) is 133 Å². The molecule has 4 nitrogen and oxygen atoms in total. The summed E-state index contributed by atoms with van der Waals surface area (Å²) in [6.07, 6.45) is 7.27. The normalized spacial score (nSPS) is 11.5. The van der Waals surface area contributed by atoms with Crippen LogP contribution in [-0.2, 0) is 0 Å². The average molecular weight is 531 g/mol. The van der Waals surface area contributed by atoms with Crippen LogP contribution < -0.4 is 0 Å². The Morgan fingerprint density at radius 2 is 1.30 bits per heavy atom. The molecule has 0 bridgehead atoms. The Kier molecular flexibility index (Phi) is 5.28. The first kappa shape index (κ1) is 22.8. The van der Waals surface area contributed by atoms with Crippen molar-refractivity contribution >= 4 is 43.2 Å². The fourth-order valence-electron chi connectivity index (χ4n) is 5.62. The molecule has 188 valence electrons. The van der Waals surface area contributed by atoms with E-state index < -0.39 is 0 Å². The van der Waals surface area contributed by atoms with Crippen LogP contribution in [0.1, 0.15) is 0 Å². The first-order valence-corrected chi connectivity index (χ1v) is 14.0. The van der Waals surface area contributed by atoms with E-state index in [1.165, 1.54) is 31.9 Å². The van der Waals surface area contributed by atoms with Crippen LogP contribution in [0.3, 0.4) is 0 Å². The molecule has 5 heterocycles. The molecule has 5 aromatic heterocycles. The molecule has 40 heavy (non-hydrogen) atoms. The van der Waals surface area contributed by atoms with Crippen LogP contribution >= 0.6 is 11.3 Å². The minimum atomic E-state index is 0.911. The van der Waals surface area contributed by atoms with Crippen molar-refractivity contribution in [2.45, 2.75) is 0 Å². The van der Waals surface area contributed by atoms with Crippen LogP contribution in [0.5, 0.6) is 0 Å². The second-order valence-electron chi connectivity index (χ2n) is 9.80. The zero-order valence-corrected chi connectivity index (χ0v) is 22.2. The maximum absolute atomic E-state index is 5.13. The van der Waals surface area contributed by atoms with Crippen molar-refractivity contribution in [3.8, 4) is 39.3 Å². The van der Waals surface area contributed by atoms with E-state index >= 15 is 0 Å². The Morgan fingerprint density at radius 1 is 0.550 bits per heavy atom. The molecule has 0 atom stereocenters. The summed E-state index contributed by atoms with van der Waals surface area (Å²) in [6, 6.07) is 36.5. The summed E-state index contributed by atoms with van der Waals surface area (Å²) in [5.74, 6) is 0. The lowest BCUT2D eigenvalue weighted by Crippen LogP contribution is -1.96. The highest BCUT2D eigenvalue weighted by molar-refractivity contribution is 7.18. The summed E-state index contributed by atoms with van der Waals surface area (Å²) in [6.45, 7) is 0. The first-order chi connectivity index (χ1) is 19.8. The SMILES string of the molecule is c1cc(-c2cc(-c3ccncc3)cc(-c3ccncc3)n2)cc(-n2c3ccccc3c3c4sccc4ccc32)c1. The second kappa shape index (κ2) is 9.26. The van der Waals surface area contributed by atoms with Gasteiger partial charge in [-0.2, -0.15) is 0 Å². The maximum Gasteiger partial charge on any atom is 0.0716 e. The molecule has 0 saturated heterocycles. The number of benzene rings is 3. The van der Waals surface area contributed by atoms with Crippen LogP contribution in [0.2, 0.25) is 0 Å². The van der Waals surface area contributed by atoms with Crippen LogP contribution in [0, 0.1) is 0 Å². The van der Waals surface area contributed by atoms with Crippen molar-refractivity contribution in [3.63, 3.8) is 0 Å². The van der Waals surface area contributed by atoms with Gasteiger partial charge in [-0.05, 0) is 88.6 Å². The van der Waals surface area contributed by atoms with Gasteiger partial charge < -0.3 is 4.57 Å². The van der Waals surface area contributed by atoms with Crippen molar-refractivity contribution < 1.29 is 0 Å². The molecular formula is C35H22N4S. The molecule has 0 aliphatic heterocycles. The fraction of sp³-hybridized carbons (Fsp3) is 0. The van der Waals surface area contributed by atoms with Crippen molar-refractivity contribution in [1.29, 1.82) is 0 Å². The molecule has 3 aromatic carbocycles. The molecule has 8 rings (SSSR count). The van der Waals surface area contributed by atoms with E-state index in [9.17, 15) is 0 Å². The first-order valence-electron chi connectivity index (χ1n) is 13.2. The summed E-state index contributed by atoms with van der Waals surface area (Å²) in [5.41, 5.74) is 9.65. The smallest absolute Gasteiger partial charge is 0.0716 e. The summed E-state index contributed by atoms with van der Waals surface area (Å²) >= 11 is 1.81. The number of pyridine rings is 3. The average Bonchev–Trinajstić information content (AvgIpc) is 3.64. The third-order valence-electron chi connectivity index (χ3n) is 7.47. The molecule has 0 amide bonds. The predicted octanol–water partition coefficient (Wildman–Crippen LogP) is 9.18. The Labute approximate surface area is 234 Å². The van der Waals surface area contributed by atoms with Crippen molar-refractivity contribution in [2.75, 3.05) is 0 Å². The quantitative estimate of drug-likeness (QED) is 0.228. The third-order valence-corrected chi connectivity index (χ3v) is 8.42. The summed E-state index contributed by atoms with van der Waals surface area (Å²) in [5, 5.41) is 6.05. The number of para-hydroxylation sites is 1. The van der Waals surface area contributed by atoms with Gasteiger partial charge in [-0.25, -0.2) is 4.98 Å². The Morgan fingerprint density at radius 3 is 2.12 bits per heavy atom. The third kappa shape index (κ3) is 3.71. The van der Waals surface area contributed by atoms with Gasteiger partial charge in [0.05, 0.1) is 22.4 Å². The van der Waals surface area contributed by atoms with Crippen LogP contribution in [-0.4, -0.2) is 19.5 Å². The Balaban J connectivity index is 1.35. The molecule has 0 aliphatic carbocycles. The van der Waals surface area contributed by atoms with E-state index in [1.807, 2.05) is 49.1 Å². The lowest BCUT2D eigenvalue weighted by molar-refractivity contribution is 1.18. The monoisotopic (exact) mass is 530 g/mol. The van der Waals surface area contributed by atoms with Crippen molar-refractivity contribution in [1.82, 2.24) is 19.5 Å². The minimum absolute atomic E-state index is 0.911. The van der Waals surface area contributed by atoms with E-state index in [2.05, 4.69) is 98.8 Å². The zero-order chi connectivity index (χ0) is 26.5. The summed E-state index contributed by atoms with van der Waals surface area (Å²) in [7, 11) is 0. The van der Waals surface area contributed by atoms with Gasteiger partial charge in [-0.1, -0.05) is 36.4 Å². The van der Waals surface area contributed by atoms with Crippen LogP contribution in [0.25, 0.3) is 71.2 Å². The van der Waals surface area contributed by atoms with Gasteiger partial charge in [-0.3, -0.25) is 9.97 Å². The number of aromatic nitrogens is 4. The zero-order valence-electron chi connectivity index (χ0n) is 21.4. The van der Waals surface area contributed by atoms with Crippen LogP contribution in [0.15, 0.2) is 133 Å². The maximum atomic E-state index is 5.13. The lowest BCUT2D eigenvalue weighted by atomic mass is 10.0. The van der Waals surface area contributed by atoms with Gasteiger partial charge in [0.2, 0.25) is 0 Å². The van der Waals surface area contributed by atoms with E-state index in [0.29, 0.717) is 0 Å². The van der Waals surface area contributed by atoms with E-state index in [1.54, 1.807) is 11.3 Å². The summed E-state index contributed by atoms with van der Waals surface area (Å²) in [4.78, 5) is 13.5. The van der Waals surface area contributed by atoms with E-state index in [-0.39, 0.29) is 0 Å². The number of thiophene rings is 1. The molecule has 0 fully saturated rings. The number of hydrogen-bond acceptors (Lipinski definition) is 4. The predicted molar refractivity (Wildman–Crippen MR) is 166 cm³/mol. The number of nitrogens with zero attached hydrogens (tertiary/aromatic N) is 4. The van der Waals surface area contributed by atoms with Crippen LogP contribution in [0.4, 0.5) is 0 Å². The Bertz CT molecular complexity index is 2100. The molecule has 0 saturated carbocycles. The Hall–Kier alpha value is -5.13. The molecule has 0 N–H and O–H groups in total. The molecule has 0 unspecified atom stereocenters. The van der Waals surface area contributed by atoms with E-state index in [0.717, 1.165) is 39.3 Å². The van der Waals surface area contributed by atoms with Gasteiger partial charge >= 0.3 is 0 Å². The molecular weight excluding hydrogens is 508 g/mol. The second-order valence-corrected chi connectivity index (χ2v) is 10.7. The molecule has 5 heteroatoms. The highest BCUT2D eigenvalue weighted by Crippen LogP contribution is 2.39. The minimum Gasteiger partial charge on any atom is -0.309 e. The van der Waals surface area contributed by atoms with Gasteiger partial charge in [0, 0.05) is 57.1 Å². The van der Waals surface area contributed by atoms with Gasteiger partial charge in [0.25, 0.3) is 0 Å². The van der Waals surface area contributed by atoms with E-state index in [4.69, 9.17) is 4.98 Å². The summed E-state index contributed by atoms with van der Waals surface area (Å²) < 4.78 is 3.71. The van der Waals surface area contributed by atoms with Crippen molar-refractivity contribution in [2.24, 2.45) is 0 Å². The fourth-order valence-corrected chi connectivity index (χ4v) is 6.58.